The Kier molecular flexibility index (Phi) is 4.98. The quantitative estimate of drug-likeness (QED) is 0.912. The Balaban J connectivity index is 1.69. The summed E-state index contributed by atoms with van der Waals surface area (Å²) in [5.74, 6) is 0.763. The Hall–Kier alpha value is -1.85. The van der Waals surface area contributed by atoms with E-state index in [0.717, 1.165) is 30.7 Å². The van der Waals surface area contributed by atoms with Crippen molar-refractivity contribution in [1.82, 2.24) is 4.90 Å². The molecular weight excluding hydrogens is 310 g/mol. The minimum Gasteiger partial charge on any atom is -0.496 e. The van der Waals surface area contributed by atoms with Crippen LogP contribution in [0.4, 0.5) is 0 Å². The highest BCUT2D eigenvalue weighted by Crippen LogP contribution is 2.30. The van der Waals surface area contributed by atoms with Crippen molar-refractivity contribution in [1.29, 1.82) is 0 Å². The Morgan fingerprint density at radius 3 is 2.91 bits per heavy atom. The molecule has 0 radical (unpaired) electrons. The van der Waals surface area contributed by atoms with E-state index < -0.39 is 6.10 Å². The van der Waals surface area contributed by atoms with Gasteiger partial charge >= 0.3 is 0 Å². The first kappa shape index (κ1) is 16.0. The molecule has 1 fully saturated rings. The van der Waals surface area contributed by atoms with Gasteiger partial charge < -0.3 is 14.7 Å². The van der Waals surface area contributed by atoms with Crippen LogP contribution in [0, 0.1) is 0 Å². The van der Waals surface area contributed by atoms with Gasteiger partial charge in [-0.25, -0.2) is 0 Å². The van der Waals surface area contributed by atoms with Gasteiger partial charge in [-0.2, -0.15) is 0 Å². The number of thiophene rings is 1. The summed E-state index contributed by atoms with van der Waals surface area (Å²) >= 11 is 1.41. The molecule has 2 atom stereocenters. The molecule has 0 bridgehead atoms. The number of carbonyl (C=O) groups is 1. The van der Waals surface area contributed by atoms with Gasteiger partial charge in [0.1, 0.15) is 5.75 Å². The summed E-state index contributed by atoms with van der Waals surface area (Å²) in [6.07, 6.45) is 1.98. The van der Waals surface area contributed by atoms with Gasteiger partial charge in [0.15, 0.2) is 0 Å². The molecule has 0 saturated carbocycles. The number of nitrogens with zero attached hydrogens (tertiary/aromatic N) is 1. The maximum atomic E-state index is 12.7. The van der Waals surface area contributed by atoms with Gasteiger partial charge in [0.2, 0.25) is 0 Å². The van der Waals surface area contributed by atoms with Crippen LogP contribution < -0.4 is 4.74 Å². The van der Waals surface area contributed by atoms with Gasteiger partial charge in [-0.05, 0) is 24.8 Å². The lowest BCUT2D eigenvalue weighted by Crippen LogP contribution is -2.36. The molecule has 2 heterocycles. The van der Waals surface area contributed by atoms with Crippen molar-refractivity contribution < 1.29 is 14.6 Å². The average Bonchev–Trinajstić information content (AvgIpc) is 3.24. The van der Waals surface area contributed by atoms with E-state index in [9.17, 15) is 9.90 Å². The first-order valence-corrected chi connectivity index (χ1v) is 8.73. The summed E-state index contributed by atoms with van der Waals surface area (Å²) < 4.78 is 5.16. The molecular formula is C18H21NO3S. The Morgan fingerprint density at radius 2 is 2.22 bits per heavy atom. The SMILES string of the molecule is COc1csc(C(=O)N2CCCC2CC(O)c2ccccc2)c1. The number of rotatable bonds is 5. The molecule has 1 amide bonds. The lowest BCUT2D eigenvalue weighted by atomic mass is 10.0. The molecule has 0 spiro atoms. The number of aliphatic hydroxyl groups excluding tert-OH is 1. The van der Waals surface area contributed by atoms with Crippen LogP contribution in [-0.4, -0.2) is 35.6 Å². The zero-order chi connectivity index (χ0) is 16.2. The van der Waals surface area contributed by atoms with Crippen LogP contribution >= 0.6 is 11.3 Å². The van der Waals surface area contributed by atoms with E-state index >= 15 is 0 Å². The zero-order valence-corrected chi connectivity index (χ0v) is 14.0. The van der Waals surface area contributed by atoms with Crippen LogP contribution in [0.2, 0.25) is 0 Å². The number of amides is 1. The Labute approximate surface area is 140 Å². The Bertz CT molecular complexity index is 655. The smallest absolute Gasteiger partial charge is 0.264 e. The lowest BCUT2D eigenvalue weighted by molar-refractivity contribution is 0.0671. The number of benzene rings is 1. The first-order valence-electron chi connectivity index (χ1n) is 7.85. The van der Waals surface area contributed by atoms with Gasteiger partial charge in [0.05, 0.1) is 18.1 Å². The lowest BCUT2D eigenvalue weighted by Gasteiger charge is -2.26. The van der Waals surface area contributed by atoms with E-state index in [1.165, 1.54) is 11.3 Å². The molecule has 4 nitrogen and oxygen atoms in total. The van der Waals surface area contributed by atoms with Crippen molar-refractivity contribution >= 4 is 17.2 Å². The average molecular weight is 331 g/mol. The van der Waals surface area contributed by atoms with E-state index in [2.05, 4.69) is 0 Å². The van der Waals surface area contributed by atoms with Crippen LogP contribution in [0.5, 0.6) is 5.75 Å². The zero-order valence-electron chi connectivity index (χ0n) is 13.1. The largest absolute Gasteiger partial charge is 0.496 e. The number of methoxy groups -OCH3 is 1. The highest BCUT2D eigenvalue weighted by molar-refractivity contribution is 7.12. The molecule has 0 aliphatic carbocycles. The second-order valence-electron chi connectivity index (χ2n) is 5.81. The van der Waals surface area contributed by atoms with Crippen LogP contribution in [0.1, 0.15) is 40.6 Å². The van der Waals surface area contributed by atoms with Gasteiger partial charge in [-0.15, -0.1) is 11.3 Å². The van der Waals surface area contributed by atoms with Crippen molar-refractivity contribution in [3.8, 4) is 5.75 Å². The summed E-state index contributed by atoms with van der Waals surface area (Å²) in [5.41, 5.74) is 0.907. The van der Waals surface area contributed by atoms with E-state index in [-0.39, 0.29) is 11.9 Å². The third-order valence-corrected chi connectivity index (χ3v) is 5.24. The highest BCUT2D eigenvalue weighted by Gasteiger charge is 2.31. The van der Waals surface area contributed by atoms with E-state index in [0.29, 0.717) is 11.3 Å². The van der Waals surface area contributed by atoms with Gasteiger partial charge in [-0.3, -0.25) is 4.79 Å². The predicted octanol–water partition coefficient (Wildman–Crippen LogP) is 3.49. The standard InChI is InChI=1S/C18H21NO3S/c1-22-15-11-17(23-12-15)18(21)19-9-5-8-14(19)10-16(20)13-6-3-2-4-7-13/h2-4,6-7,11-12,14,16,20H,5,8-10H2,1H3. The summed E-state index contributed by atoms with van der Waals surface area (Å²) in [7, 11) is 1.60. The normalized spacial score (nSPS) is 18.9. The van der Waals surface area contributed by atoms with Crippen molar-refractivity contribution in [2.24, 2.45) is 0 Å². The van der Waals surface area contributed by atoms with E-state index in [4.69, 9.17) is 4.74 Å². The molecule has 2 aromatic rings. The molecule has 1 aliphatic heterocycles. The highest BCUT2D eigenvalue weighted by atomic mass is 32.1. The fourth-order valence-corrected chi connectivity index (χ4v) is 3.91. The van der Waals surface area contributed by atoms with E-state index in [1.54, 1.807) is 13.2 Å². The minimum absolute atomic E-state index is 0.0426. The molecule has 1 N–H and O–H groups in total. The number of ether oxygens (including phenoxy) is 1. The summed E-state index contributed by atoms with van der Waals surface area (Å²) in [4.78, 5) is 15.3. The number of aliphatic hydroxyl groups is 1. The van der Waals surface area contributed by atoms with E-state index in [1.807, 2.05) is 40.6 Å². The summed E-state index contributed by atoms with van der Waals surface area (Å²) in [5, 5.41) is 12.3. The molecule has 1 saturated heterocycles. The van der Waals surface area contributed by atoms with Crippen LogP contribution in [0.25, 0.3) is 0 Å². The number of hydrogen-bond acceptors (Lipinski definition) is 4. The predicted molar refractivity (Wildman–Crippen MR) is 90.9 cm³/mol. The van der Waals surface area contributed by atoms with Gasteiger partial charge in [-0.1, -0.05) is 30.3 Å². The van der Waals surface area contributed by atoms with Crippen molar-refractivity contribution in [3.05, 3.63) is 52.2 Å². The monoisotopic (exact) mass is 331 g/mol. The summed E-state index contributed by atoms with van der Waals surface area (Å²) in [6.45, 7) is 0.755. The maximum absolute atomic E-state index is 12.7. The Morgan fingerprint density at radius 1 is 1.43 bits per heavy atom. The van der Waals surface area contributed by atoms with Crippen LogP contribution in [0.3, 0.4) is 0 Å². The molecule has 23 heavy (non-hydrogen) atoms. The van der Waals surface area contributed by atoms with Gasteiger partial charge in [0, 0.05) is 24.0 Å². The van der Waals surface area contributed by atoms with Crippen molar-refractivity contribution in [2.45, 2.75) is 31.4 Å². The summed E-state index contributed by atoms with van der Waals surface area (Å²) in [6, 6.07) is 11.5. The first-order chi connectivity index (χ1) is 11.2. The second kappa shape index (κ2) is 7.15. The molecule has 1 aliphatic rings. The fourth-order valence-electron chi connectivity index (χ4n) is 3.10. The number of carbonyl (C=O) groups excluding carboxylic acids is 1. The number of likely N-dealkylation sites (tertiary alicyclic amines) is 1. The van der Waals surface area contributed by atoms with Crippen LogP contribution in [-0.2, 0) is 0 Å². The molecule has 5 heteroatoms. The third kappa shape index (κ3) is 3.57. The molecule has 1 aromatic heterocycles. The number of hydrogen-bond donors (Lipinski definition) is 1. The van der Waals surface area contributed by atoms with Gasteiger partial charge in [0.25, 0.3) is 5.91 Å². The second-order valence-corrected chi connectivity index (χ2v) is 6.72. The molecule has 3 rings (SSSR count). The van der Waals surface area contributed by atoms with Crippen LogP contribution in [0.15, 0.2) is 41.8 Å². The van der Waals surface area contributed by atoms with Crippen molar-refractivity contribution in [2.75, 3.05) is 13.7 Å². The molecule has 122 valence electrons. The minimum atomic E-state index is -0.535. The third-order valence-electron chi connectivity index (χ3n) is 4.34. The molecule has 1 aromatic carbocycles. The topological polar surface area (TPSA) is 49.8 Å². The fraction of sp³-hybridized carbons (Fsp3) is 0.389. The van der Waals surface area contributed by atoms with Crippen molar-refractivity contribution in [3.63, 3.8) is 0 Å². The molecule has 2 unspecified atom stereocenters. The maximum Gasteiger partial charge on any atom is 0.264 e.